The van der Waals surface area contributed by atoms with E-state index in [0.29, 0.717) is 0 Å². The van der Waals surface area contributed by atoms with Gasteiger partial charge in [-0.05, 0) is 116 Å². The molecule has 0 unspecified atom stereocenters. The fourth-order valence-corrected chi connectivity index (χ4v) is 10.4. The molecule has 8 aromatic carbocycles. The maximum absolute atomic E-state index is 2.49. The number of nitrogens with zero attached hydrogens (tertiary/aromatic N) is 1. The number of fused-ring (bicyclic) bond motifs is 9. The highest BCUT2D eigenvalue weighted by Gasteiger charge is 2.56. The van der Waals surface area contributed by atoms with E-state index in [4.69, 9.17) is 0 Å². The summed E-state index contributed by atoms with van der Waals surface area (Å²) in [7, 11) is 0. The summed E-state index contributed by atoms with van der Waals surface area (Å²) in [4.78, 5) is 2.42. The standard InChI is InChI=1S/C56H41N/c1-5-19-40(20-6-1)41-33-35-45(36-34-41)57(44-25-11-4-12-26-44)46-37-38-48-47-27-13-14-28-49(47)56(54(48)39-46)52-31-17-15-29-50(52)55(42-21-7-2-8-22-42,43-23-9-3-10-24-43)51-30-16-18-32-53(51)56/h2-5,7-39H,1,6H2. The first-order valence-electron chi connectivity index (χ1n) is 20.2. The Hall–Kier alpha value is -6.96. The van der Waals surface area contributed by atoms with E-state index >= 15 is 0 Å². The van der Waals surface area contributed by atoms with Crippen LogP contribution < -0.4 is 4.90 Å². The highest BCUT2D eigenvalue weighted by Crippen LogP contribution is 2.65. The molecule has 0 fully saturated rings. The van der Waals surface area contributed by atoms with Crippen molar-refractivity contribution in [3.63, 3.8) is 0 Å². The lowest BCUT2D eigenvalue weighted by Gasteiger charge is -2.50. The van der Waals surface area contributed by atoms with Gasteiger partial charge in [-0.3, -0.25) is 0 Å². The first-order chi connectivity index (χ1) is 28.3. The van der Waals surface area contributed by atoms with Crippen molar-refractivity contribution in [1.82, 2.24) is 0 Å². The van der Waals surface area contributed by atoms with Crippen molar-refractivity contribution in [2.45, 2.75) is 23.7 Å². The lowest BCUT2D eigenvalue weighted by Crippen LogP contribution is -2.44. The Bertz CT molecular complexity index is 2740. The van der Waals surface area contributed by atoms with E-state index in [1.54, 1.807) is 0 Å². The molecule has 0 bridgehead atoms. The summed E-state index contributed by atoms with van der Waals surface area (Å²) in [5.41, 5.74) is 17.9. The summed E-state index contributed by atoms with van der Waals surface area (Å²) in [6, 6.07) is 77.1. The number of hydrogen-bond donors (Lipinski definition) is 0. The molecule has 0 heterocycles. The summed E-state index contributed by atoms with van der Waals surface area (Å²) in [5, 5.41) is 0. The molecule has 0 radical (unpaired) electrons. The molecule has 57 heavy (non-hydrogen) atoms. The van der Waals surface area contributed by atoms with Crippen molar-refractivity contribution < 1.29 is 0 Å². The smallest absolute Gasteiger partial charge is 0.0720 e. The zero-order valence-corrected chi connectivity index (χ0v) is 31.7. The molecular weight excluding hydrogens is 687 g/mol. The largest absolute Gasteiger partial charge is 0.310 e. The molecule has 3 aliphatic carbocycles. The van der Waals surface area contributed by atoms with Crippen molar-refractivity contribution in [3.8, 4) is 11.1 Å². The molecule has 8 aromatic rings. The fourth-order valence-electron chi connectivity index (χ4n) is 10.4. The van der Waals surface area contributed by atoms with Crippen molar-refractivity contribution in [3.05, 3.63) is 275 Å². The molecule has 0 saturated carbocycles. The average molecular weight is 728 g/mol. The van der Waals surface area contributed by atoms with Gasteiger partial charge in [0, 0.05) is 17.1 Å². The van der Waals surface area contributed by atoms with Crippen LogP contribution in [-0.4, -0.2) is 0 Å². The number of benzene rings is 8. The summed E-state index contributed by atoms with van der Waals surface area (Å²) in [6.45, 7) is 0. The van der Waals surface area contributed by atoms with Gasteiger partial charge in [0.25, 0.3) is 0 Å². The van der Waals surface area contributed by atoms with E-state index in [1.165, 1.54) is 66.8 Å². The van der Waals surface area contributed by atoms with Gasteiger partial charge < -0.3 is 4.90 Å². The zero-order chi connectivity index (χ0) is 37.8. The van der Waals surface area contributed by atoms with Crippen molar-refractivity contribution >= 4 is 22.6 Å². The van der Waals surface area contributed by atoms with Gasteiger partial charge in [-0.25, -0.2) is 0 Å². The predicted octanol–water partition coefficient (Wildman–Crippen LogP) is 13.9. The third-order valence-corrected chi connectivity index (χ3v) is 12.6. The summed E-state index contributed by atoms with van der Waals surface area (Å²) >= 11 is 0. The first kappa shape index (κ1) is 33.4. The number of anilines is 3. The Balaban J connectivity index is 1.20. The zero-order valence-electron chi connectivity index (χ0n) is 31.7. The van der Waals surface area contributed by atoms with Crippen LogP contribution in [0.25, 0.3) is 16.7 Å². The second kappa shape index (κ2) is 13.4. The Morgan fingerprint density at radius 2 is 0.825 bits per heavy atom. The summed E-state index contributed by atoms with van der Waals surface area (Å²) < 4.78 is 0. The quantitative estimate of drug-likeness (QED) is 0.165. The topological polar surface area (TPSA) is 3.24 Å². The maximum Gasteiger partial charge on any atom is 0.0720 e. The van der Waals surface area contributed by atoms with E-state index in [0.717, 1.165) is 29.9 Å². The van der Waals surface area contributed by atoms with Crippen LogP contribution >= 0.6 is 0 Å². The highest BCUT2D eigenvalue weighted by molar-refractivity contribution is 5.92. The van der Waals surface area contributed by atoms with Crippen molar-refractivity contribution in [2.24, 2.45) is 0 Å². The van der Waals surface area contributed by atoms with E-state index in [9.17, 15) is 0 Å². The van der Waals surface area contributed by atoms with E-state index in [-0.39, 0.29) is 0 Å². The van der Waals surface area contributed by atoms with Crippen LogP contribution in [-0.2, 0) is 10.8 Å². The second-order valence-electron chi connectivity index (χ2n) is 15.5. The molecule has 1 nitrogen and oxygen atoms in total. The van der Waals surface area contributed by atoms with Crippen LogP contribution in [0.1, 0.15) is 62.9 Å². The Morgan fingerprint density at radius 3 is 1.40 bits per heavy atom. The molecule has 0 aliphatic heterocycles. The maximum atomic E-state index is 2.49. The van der Waals surface area contributed by atoms with Crippen molar-refractivity contribution in [1.29, 1.82) is 0 Å². The van der Waals surface area contributed by atoms with Gasteiger partial charge in [-0.2, -0.15) is 0 Å². The third-order valence-electron chi connectivity index (χ3n) is 12.6. The van der Waals surface area contributed by atoms with E-state index < -0.39 is 10.8 Å². The van der Waals surface area contributed by atoms with E-state index in [2.05, 4.69) is 229 Å². The molecule has 1 spiro atoms. The third kappa shape index (κ3) is 4.89. The van der Waals surface area contributed by atoms with Crippen LogP contribution in [0.4, 0.5) is 17.1 Å². The number of hydrogen-bond acceptors (Lipinski definition) is 1. The van der Waals surface area contributed by atoms with Gasteiger partial charge >= 0.3 is 0 Å². The van der Waals surface area contributed by atoms with Crippen LogP contribution in [0, 0.1) is 0 Å². The van der Waals surface area contributed by atoms with Gasteiger partial charge in [0.2, 0.25) is 0 Å². The first-order valence-corrected chi connectivity index (χ1v) is 20.2. The van der Waals surface area contributed by atoms with Crippen LogP contribution in [0.3, 0.4) is 0 Å². The number of rotatable bonds is 6. The van der Waals surface area contributed by atoms with Gasteiger partial charge in [0.1, 0.15) is 0 Å². The minimum Gasteiger partial charge on any atom is -0.310 e. The average Bonchev–Trinajstić information content (AvgIpc) is 3.58. The summed E-state index contributed by atoms with van der Waals surface area (Å²) in [6.07, 6.45) is 9.10. The van der Waals surface area contributed by atoms with Crippen molar-refractivity contribution in [2.75, 3.05) is 4.90 Å². The molecule has 270 valence electrons. The normalized spacial score (nSPS) is 15.2. The highest BCUT2D eigenvalue weighted by atomic mass is 15.1. The molecule has 0 amide bonds. The van der Waals surface area contributed by atoms with Crippen LogP contribution in [0.2, 0.25) is 0 Å². The molecule has 3 aliphatic rings. The van der Waals surface area contributed by atoms with E-state index in [1.807, 2.05) is 0 Å². The molecule has 1 heteroatoms. The fraction of sp³-hybridized carbons (Fsp3) is 0.0714. The monoisotopic (exact) mass is 727 g/mol. The number of para-hydroxylation sites is 1. The van der Waals surface area contributed by atoms with Gasteiger partial charge in [0.15, 0.2) is 0 Å². The van der Waals surface area contributed by atoms with Gasteiger partial charge in [-0.15, -0.1) is 0 Å². The molecular formula is C56H41N. The molecule has 0 atom stereocenters. The van der Waals surface area contributed by atoms with Gasteiger partial charge in [-0.1, -0.05) is 188 Å². The molecule has 11 rings (SSSR count). The Labute approximate surface area is 335 Å². The van der Waals surface area contributed by atoms with Crippen LogP contribution in [0.15, 0.2) is 224 Å². The Morgan fingerprint density at radius 1 is 0.351 bits per heavy atom. The predicted molar refractivity (Wildman–Crippen MR) is 237 cm³/mol. The molecule has 0 aromatic heterocycles. The summed E-state index contributed by atoms with van der Waals surface area (Å²) in [5.74, 6) is 0. The van der Waals surface area contributed by atoms with Gasteiger partial charge in [0.05, 0.1) is 10.8 Å². The van der Waals surface area contributed by atoms with Crippen LogP contribution in [0.5, 0.6) is 0 Å². The Kier molecular flexibility index (Phi) is 7.82. The lowest BCUT2D eigenvalue weighted by molar-refractivity contribution is 0.623. The second-order valence-corrected chi connectivity index (χ2v) is 15.5. The molecule has 0 saturated heterocycles. The number of allylic oxidation sites excluding steroid dienone is 4. The minimum absolute atomic E-state index is 0.531. The lowest BCUT2D eigenvalue weighted by atomic mass is 9.51. The minimum atomic E-state index is -0.561. The SMILES string of the molecule is C1=CC(c2ccc(N(c3ccccc3)c3ccc4c(c3)C3(c5ccccc5-4)c4ccccc4C(c4ccccc4)(c4ccccc4)c4ccccc43)cc2)=CCC1. The molecule has 0 N–H and O–H groups in total.